The van der Waals surface area contributed by atoms with Gasteiger partial charge in [-0.3, -0.25) is 19.3 Å². The van der Waals surface area contributed by atoms with Crippen molar-refractivity contribution in [1.29, 1.82) is 0 Å². The van der Waals surface area contributed by atoms with Crippen LogP contribution >= 0.6 is 0 Å². The topological polar surface area (TPSA) is 184 Å². The molecule has 0 radical (unpaired) electrons. The number of alkyl carbamates (subject to hydrolysis) is 1. The Morgan fingerprint density at radius 1 is 0.945 bits per heavy atom. The van der Waals surface area contributed by atoms with Gasteiger partial charge in [0, 0.05) is 24.4 Å². The Balaban J connectivity index is 1.12. The number of nitrogens with one attached hydrogen (secondary N) is 3. The van der Waals surface area contributed by atoms with Crippen LogP contribution in [-0.2, 0) is 47.2 Å². The molecule has 5 atom stereocenters. The summed E-state index contributed by atoms with van der Waals surface area (Å²) >= 11 is 0. The number of nitrogens with zero attached hydrogens (tertiary/aromatic N) is 3. The Kier molecular flexibility index (Phi) is 10.8. The van der Waals surface area contributed by atoms with Crippen molar-refractivity contribution in [2.24, 2.45) is 5.92 Å². The molecule has 15 nitrogen and oxygen atoms in total. The Bertz CT molecular complexity index is 1850. The van der Waals surface area contributed by atoms with Crippen molar-refractivity contribution in [2.75, 3.05) is 19.6 Å². The molecule has 0 aromatic heterocycles. The van der Waals surface area contributed by atoms with Crippen molar-refractivity contribution >= 4 is 40.1 Å². The molecule has 1 aromatic rings. The molecule has 3 N–H and O–H groups in total. The molecule has 19 heteroatoms. The monoisotopic (exact) mass is 794 g/mol. The first-order valence-electron chi connectivity index (χ1n) is 18.8. The molecule has 1 aromatic carbocycles. The van der Waals surface area contributed by atoms with E-state index < -0.39 is 94.6 Å². The quantitative estimate of drug-likeness (QED) is 0.365. The molecule has 6 aliphatic rings. The SMILES string of the molecule is O=C(N[C@H]1CCCCC/C=C\[C@@H]2C[C@@]2(C(=O)NS(=O)(=O)N2CC(F)(F)C2)NC(=O)C2C[C@@H](OC(=O)N3Cc4cccc(F)c4C3)CN2C1=O)OC1CCCC1. The number of hydrogen-bond donors (Lipinski definition) is 3. The molecule has 2 saturated carbocycles. The molecule has 55 heavy (non-hydrogen) atoms. The highest BCUT2D eigenvalue weighted by Crippen LogP contribution is 2.46. The third kappa shape index (κ3) is 8.41. The summed E-state index contributed by atoms with van der Waals surface area (Å²) in [6.07, 6.45) is 6.36. The van der Waals surface area contributed by atoms with Crippen LogP contribution in [0.25, 0.3) is 0 Å². The van der Waals surface area contributed by atoms with Gasteiger partial charge in [-0.15, -0.1) is 0 Å². The fraction of sp³-hybridized carbons (Fsp3) is 0.639. The van der Waals surface area contributed by atoms with Crippen molar-refractivity contribution in [3.8, 4) is 0 Å². The van der Waals surface area contributed by atoms with Crippen molar-refractivity contribution in [3.05, 3.63) is 47.3 Å². The van der Waals surface area contributed by atoms with Gasteiger partial charge in [0.1, 0.15) is 35.6 Å². The maximum Gasteiger partial charge on any atom is 0.410 e. The molecule has 0 bridgehead atoms. The van der Waals surface area contributed by atoms with Crippen LogP contribution in [-0.4, -0.2) is 108 Å². The lowest BCUT2D eigenvalue weighted by atomic mass is 10.0. The van der Waals surface area contributed by atoms with Gasteiger partial charge >= 0.3 is 22.4 Å². The van der Waals surface area contributed by atoms with Crippen LogP contribution in [0.15, 0.2) is 30.4 Å². The van der Waals surface area contributed by atoms with Crippen LogP contribution in [0, 0.1) is 11.7 Å². The Morgan fingerprint density at radius 3 is 2.42 bits per heavy atom. The largest absolute Gasteiger partial charge is 0.446 e. The summed E-state index contributed by atoms with van der Waals surface area (Å²) in [5.74, 6) is -6.95. The molecule has 5 amide bonds. The molecule has 4 aliphatic heterocycles. The highest BCUT2D eigenvalue weighted by atomic mass is 32.2. The Morgan fingerprint density at radius 2 is 1.69 bits per heavy atom. The van der Waals surface area contributed by atoms with Crippen LogP contribution in [0.2, 0.25) is 0 Å². The first kappa shape index (κ1) is 38.9. The number of halogens is 3. The summed E-state index contributed by atoms with van der Waals surface area (Å²) in [5.41, 5.74) is -0.815. The van der Waals surface area contributed by atoms with E-state index in [0.29, 0.717) is 54.0 Å². The van der Waals surface area contributed by atoms with Gasteiger partial charge in [-0.1, -0.05) is 37.1 Å². The van der Waals surface area contributed by atoms with Gasteiger partial charge in [-0.05, 0) is 63.0 Å². The maximum absolute atomic E-state index is 14.4. The smallest absolute Gasteiger partial charge is 0.410 e. The first-order valence-corrected chi connectivity index (χ1v) is 20.3. The van der Waals surface area contributed by atoms with Gasteiger partial charge in [0.15, 0.2) is 0 Å². The molecule has 2 saturated heterocycles. The number of carbonyl (C=O) groups excluding carboxylic acids is 5. The number of carbonyl (C=O) groups is 5. The summed E-state index contributed by atoms with van der Waals surface area (Å²) < 4.78 is 80.8. The van der Waals surface area contributed by atoms with Crippen LogP contribution in [0.3, 0.4) is 0 Å². The summed E-state index contributed by atoms with van der Waals surface area (Å²) in [4.78, 5) is 71.1. The van der Waals surface area contributed by atoms with Crippen molar-refractivity contribution in [2.45, 2.75) is 119 Å². The number of amides is 5. The van der Waals surface area contributed by atoms with Crippen LogP contribution < -0.4 is 15.4 Å². The van der Waals surface area contributed by atoms with Gasteiger partial charge in [-0.25, -0.2) is 27.5 Å². The van der Waals surface area contributed by atoms with Crippen LogP contribution in [0.4, 0.5) is 22.8 Å². The normalized spacial score (nSPS) is 30.4. The second-order valence-electron chi connectivity index (χ2n) is 15.4. The minimum Gasteiger partial charge on any atom is -0.446 e. The van der Waals surface area contributed by atoms with E-state index in [1.807, 2.05) is 10.8 Å². The van der Waals surface area contributed by atoms with E-state index in [2.05, 4.69) is 10.6 Å². The molecule has 4 heterocycles. The standard InChI is InChI=1S/C36H45F3N6O9S/c37-27-13-8-9-22-17-43(19-26(22)27)34(50)54-25-15-29-30(46)41-36(32(48)42-55(51,52)44-20-35(38,39)21-44)16-23(36)10-4-2-1-3-5-14-28(31(47)45(29)18-25)40-33(49)53-24-11-6-7-12-24/h4,8-10,13,23-25,28-29H,1-3,5-7,11-12,14-21H2,(H,40,49)(H,41,46)(H,42,48)/b10-4-/t23-,25-,28+,29?,36-/m1/s1. The van der Waals surface area contributed by atoms with E-state index >= 15 is 0 Å². The van der Waals surface area contributed by atoms with Crippen molar-refractivity contribution in [3.63, 3.8) is 0 Å². The highest BCUT2D eigenvalue weighted by molar-refractivity contribution is 7.87. The van der Waals surface area contributed by atoms with Gasteiger partial charge in [0.2, 0.25) is 11.8 Å². The molecule has 2 aliphatic carbocycles. The van der Waals surface area contributed by atoms with Gasteiger partial charge in [0.25, 0.3) is 11.8 Å². The van der Waals surface area contributed by atoms with E-state index in [1.54, 1.807) is 12.1 Å². The van der Waals surface area contributed by atoms with Crippen LogP contribution in [0.1, 0.15) is 81.8 Å². The summed E-state index contributed by atoms with van der Waals surface area (Å²) in [6, 6.07) is 2.08. The number of rotatable bonds is 6. The molecule has 7 rings (SSSR count). The fourth-order valence-corrected chi connectivity index (χ4v) is 9.40. The average molecular weight is 795 g/mol. The van der Waals surface area contributed by atoms with E-state index in [9.17, 15) is 45.6 Å². The van der Waals surface area contributed by atoms with Crippen LogP contribution in [0.5, 0.6) is 0 Å². The Labute approximate surface area is 316 Å². The lowest BCUT2D eigenvalue weighted by Gasteiger charge is -2.37. The van der Waals surface area contributed by atoms with E-state index in [-0.39, 0.29) is 45.0 Å². The second kappa shape index (κ2) is 15.3. The number of hydrogen-bond acceptors (Lipinski definition) is 9. The predicted molar refractivity (Wildman–Crippen MR) is 186 cm³/mol. The third-order valence-corrected chi connectivity index (χ3v) is 12.7. The number of fused-ring (bicyclic) bond motifs is 3. The fourth-order valence-electron chi connectivity index (χ4n) is 8.14. The van der Waals surface area contributed by atoms with Crippen molar-refractivity contribution < 1.29 is 55.0 Å². The average Bonchev–Trinajstić information content (AvgIpc) is 3.53. The minimum atomic E-state index is -4.67. The predicted octanol–water partition coefficient (Wildman–Crippen LogP) is 2.99. The summed E-state index contributed by atoms with van der Waals surface area (Å²) in [6.45, 7) is -2.41. The summed E-state index contributed by atoms with van der Waals surface area (Å²) in [5, 5.41) is 5.35. The molecule has 300 valence electrons. The second-order valence-corrected chi connectivity index (χ2v) is 17.1. The van der Waals surface area contributed by atoms with E-state index in [1.165, 1.54) is 21.9 Å². The molecule has 4 fully saturated rings. The maximum atomic E-state index is 14.4. The number of allylic oxidation sites excluding steroid dienone is 1. The number of alkyl halides is 2. The first-order chi connectivity index (χ1) is 26.1. The zero-order valence-electron chi connectivity index (χ0n) is 30.1. The van der Waals surface area contributed by atoms with Crippen molar-refractivity contribution in [1.82, 2.24) is 29.5 Å². The molecule has 1 unspecified atom stereocenters. The third-order valence-electron chi connectivity index (χ3n) is 11.3. The van der Waals surface area contributed by atoms with Gasteiger partial charge in [-0.2, -0.15) is 12.7 Å². The number of benzene rings is 1. The molecular formula is C36H45F3N6O9S. The zero-order chi connectivity index (χ0) is 39.1. The van der Waals surface area contributed by atoms with Gasteiger partial charge in [0.05, 0.1) is 26.2 Å². The lowest BCUT2D eigenvalue weighted by Crippen LogP contribution is -2.64. The highest BCUT2D eigenvalue weighted by Gasteiger charge is 2.62. The van der Waals surface area contributed by atoms with Gasteiger partial charge < -0.3 is 25.0 Å². The van der Waals surface area contributed by atoms with E-state index in [4.69, 9.17) is 9.47 Å². The minimum absolute atomic E-state index is 0.00486. The zero-order valence-corrected chi connectivity index (χ0v) is 31.0. The molecular weight excluding hydrogens is 749 g/mol. The van der Waals surface area contributed by atoms with E-state index in [0.717, 1.165) is 12.8 Å². The lowest BCUT2D eigenvalue weighted by molar-refractivity contribution is -0.141. The number of ether oxygens (including phenoxy) is 2. The molecule has 0 spiro atoms. The Hall–Kier alpha value is -4.39. The summed E-state index contributed by atoms with van der Waals surface area (Å²) in [7, 11) is -4.67.